The van der Waals surface area contributed by atoms with Crippen LogP contribution in [-0.4, -0.2) is 52.3 Å². The summed E-state index contributed by atoms with van der Waals surface area (Å²) >= 11 is 0. The van der Waals surface area contributed by atoms with E-state index in [9.17, 15) is 9.59 Å². The molecule has 0 atom stereocenters. The predicted molar refractivity (Wildman–Crippen MR) is 112 cm³/mol. The van der Waals surface area contributed by atoms with Crippen molar-refractivity contribution in [2.45, 2.75) is 33.4 Å². The molecular weight excluding hydrogens is 398 g/mol. The number of primary amides is 1. The van der Waals surface area contributed by atoms with Crippen molar-refractivity contribution in [1.82, 2.24) is 33.9 Å². The summed E-state index contributed by atoms with van der Waals surface area (Å²) < 4.78 is 5.23. The van der Waals surface area contributed by atoms with Gasteiger partial charge in [-0.2, -0.15) is 10.2 Å². The van der Waals surface area contributed by atoms with Gasteiger partial charge in [0.15, 0.2) is 5.65 Å². The number of hydrogen-bond acceptors (Lipinski definition) is 6. The molecule has 1 aliphatic rings. The van der Waals surface area contributed by atoms with Crippen molar-refractivity contribution >= 4 is 23.4 Å². The molecule has 2 N–H and O–H groups in total. The van der Waals surface area contributed by atoms with Crippen molar-refractivity contribution in [3.63, 3.8) is 0 Å². The van der Waals surface area contributed by atoms with Crippen LogP contribution in [0, 0.1) is 0 Å². The molecule has 1 aliphatic heterocycles. The first-order valence-electron chi connectivity index (χ1n) is 9.94. The second kappa shape index (κ2) is 6.76. The first-order valence-corrected chi connectivity index (χ1v) is 9.94. The zero-order valence-corrected chi connectivity index (χ0v) is 17.3. The van der Waals surface area contributed by atoms with Crippen molar-refractivity contribution in [3.05, 3.63) is 36.3 Å². The third-order valence-corrected chi connectivity index (χ3v) is 5.35. The van der Waals surface area contributed by atoms with Crippen LogP contribution in [0.5, 0.6) is 0 Å². The van der Waals surface area contributed by atoms with Gasteiger partial charge in [0.05, 0.1) is 11.9 Å². The number of nitrogens with two attached hydrogens (primary N) is 1. The Hall–Kier alpha value is -4.02. The van der Waals surface area contributed by atoms with E-state index in [1.54, 1.807) is 11.0 Å². The van der Waals surface area contributed by atoms with E-state index in [0.29, 0.717) is 41.8 Å². The zero-order chi connectivity index (χ0) is 21.9. The van der Waals surface area contributed by atoms with E-state index in [4.69, 9.17) is 10.7 Å². The molecule has 2 amide bonds. The maximum atomic E-state index is 12.1. The number of rotatable bonds is 4. The Morgan fingerprint density at radius 2 is 1.90 bits per heavy atom. The number of carbonyl (C=O) groups is 2. The molecular formula is C20H21N9O2. The van der Waals surface area contributed by atoms with Crippen LogP contribution in [0.15, 0.2) is 30.6 Å². The third-order valence-electron chi connectivity index (χ3n) is 5.35. The van der Waals surface area contributed by atoms with E-state index in [1.165, 1.54) is 17.6 Å². The van der Waals surface area contributed by atoms with Crippen molar-refractivity contribution in [1.29, 1.82) is 0 Å². The van der Waals surface area contributed by atoms with Crippen LogP contribution < -0.4 is 10.6 Å². The van der Waals surface area contributed by atoms with Crippen LogP contribution in [0.2, 0.25) is 0 Å². The molecule has 5 heterocycles. The predicted octanol–water partition coefficient (Wildman–Crippen LogP) is 1.50. The minimum atomic E-state index is -0.616. The average Bonchev–Trinajstić information content (AvgIpc) is 3.47. The fraction of sp³-hybridized carbons (Fsp3) is 0.300. The van der Waals surface area contributed by atoms with E-state index in [0.717, 1.165) is 5.69 Å². The Balaban J connectivity index is 1.75. The topological polar surface area (TPSA) is 129 Å². The molecule has 0 saturated heterocycles. The summed E-state index contributed by atoms with van der Waals surface area (Å²) in [6.07, 6.45) is 3.30. The summed E-state index contributed by atoms with van der Waals surface area (Å²) in [5.41, 5.74) is 8.76. The van der Waals surface area contributed by atoms with Gasteiger partial charge in [-0.05, 0) is 32.0 Å². The van der Waals surface area contributed by atoms with E-state index >= 15 is 0 Å². The van der Waals surface area contributed by atoms with Crippen LogP contribution in [0.25, 0.3) is 28.4 Å². The van der Waals surface area contributed by atoms with E-state index in [-0.39, 0.29) is 17.6 Å². The molecule has 5 rings (SSSR count). The highest BCUT2D eigenvalue weighted by Gasteiger charge is 2.32. The summed E-state index contributed by atoms with van der Waals surface area (Å²) in [6, 6.07) is 5.67. The van der Waals surface area contributed by atoms with Gasteiger partial charge >= 0.3 is 0 Å². The molecule has 4 aromatic heterocycles. The van der Waals surface area contributed by atoms with Gasteiger partial charge in [-0.25, -0.2) is 14.5 Å². The van der Waals surface area contributed by atoms with Gasteiger partial charge < -0.3 is 10.3 Å². The van der Waals surface area contributed by atoms with Crippen molar-refractivity contribution in [2.75, 3.05) is 11.4 Å². The molecule has 0 unspecified atom stereocenters. The van der Waals surface area contributed by atoms with Crippen LogP contribution in [-0.2, 0) is 11.3 Å². The number of fused-ring (bicyclic) bond motifs is 2. The number of anilines is 1. The van der Waals surface area contributed by atoms with E-state index in [1.807, 2.05) is 41.4 Å². The first-order chi connectivity index (χ1) is 14.8. The summed E-state index contributed by atoms with van der Waals surface area (Å²) in [4.78, 5) is 34.5. The second-order valence-corrected chi connectivity index (χ2v) is 7.70. The smallest absolute Gasteiger partial charge is 0.269 e. The van der Waals surface area contributed by atoms with E-state index in [2.05, 4.69) is 15.2 Å². The fourth-order valence-electron chi connectivity index (χ4n) is 3.82. The summed E-state index contributed by atoms with van der Waals surface area (Å²) in [5, 5.41) is 9.29. The molecule has 0 saturated carbocycles. The average molecular weight is 419 g/mol. The molecule has 0 aliphatic carbocycles. The number of hydrogen-bond donors (Lipinski definition) is 1. The number of amides is 2. The maximum Gasteiger partial charge on any atom is 0.269 e. The molecule has 11 nitrogen and oxygen atoms in total. The lowest BCUT2D eigenvalue weighted by Crippen LogP contribution is -2.26. The van der Waals surface area contributed by atoms with Crippen LogP contribution in [0.3, 0.4) is 0 Å². The highest BCUT2D eigenvalue weighted by atomic mass is 16.2. The lowest BCUT2D eigenvalue weighted by atomic mass is 10.2. The summed E-state index contributed by atoms with van der Waals surface area (Å²) in [6.45, 7) is 6.72. The van der Waals surface area contributed by atoms with Gasteiger partial charge in [0, 0.05) is 32.3 Å². The van der Waals surface area contributed by atoms with Gasteiger partial charge in [0.25, 0.3) is 5.91 Å². The fourth-order valence-corrected chi connectivity index (χ4v) is 3.82. The Morgan fingerprint density at radius 1 is 1.10 bits per heavy atom. The molecule has 31 heavy (non-hydrogen) atoms. The molecule has 4 aromatic rings. The molecule has 0 fully saturated rings. The van der Waals surface area contributed by atoms with Crippen LogP contribution in [0.1, 0.15) is 37.3 Å². The van der Waals surface area contributed by atoms with Gasteiger partial charge in [-0.3, -0.25) is 19.2 Å². The number of carbonyl (C=O) groups excluding carboxylic acids is 2. The molecule has 0 aromatic carbocycles. The molecule has 0 bridgehead atoms. The minimum Gasteiger partial charge on any atom is -0.364 e. The number of aromatic nitrogens is 7. The van der Waals surface area contributed by atoms with Gasteiger partial charge in [0.1, 0.15) is 22.8 Å². The largest absolute Gasteiger partial charge is 0.364 e. The molecule has 0 radical (unpaired) electrons. The lowest BCUT2D eigenvalue weighted by Gasteiger charge is -2.09. The monoisotopic (exact) mass is 419 g/mol. The Labute approximate surface area is 177 Å². The third kappa shape index (κ3) is 2.88. The van der Waals surface area contributed by atoms with Crippen LogP contribution >= 0.6 is 0 Å². The Morgan fingerprint density at radius 3 is 2.58 bits per heavy atom. The first kappa shape index (κ1) is 19.0. The SMILES string of the molecule is CC(=O)N1CCn2c1nc(-c1ccn(C(C)C)n1)c2-c1ccc2ncc(C(N)=O)n2n1. The maximum absolute atomic E-state index is 12.1. The quantitative estimate of drug-likeness (QED) is 0.534. The Bertz CT molecular complexity index is 1340. The van der Waals surface area contributed by atoms with Crippen molar-refractivity contribution in [3.8, 4) is 22.8 Å². The highest BCUT2D eigenvalue weighted by Crippen LogP contribution is 2.37. The van der Waals surface area contributed by atoms with Gasteiger partial charge in [-0.15, -0.1) is 0 Å². The Kier molecular flexibility index (Phi) is 4.14. The molecule has 0 spiro atoms. The number of imidazole rings is 2. The lowest BCUT2D eigenvalue weighted by molar-refractivity contribution is -0.116. The minimum absolute atomic E-state index is 0.0800. The van der Waals surface area contributed by atoms with Gasteiger partial charge in [-0.1, -0.05) is 0 Å². The highest BCUT2D eigenvalue weighted by molar-refractivity contribution is 5.93. The van der Waals surface area contributed by atoms with Crippen LogP contribution in [0.4, 0.5) is 5.95 Å². The van der Waals surface area contributed by atoms with Crippen molar-refractivity contribution in [2.24, 2.45) is 5.73 Å². The van der Waals surface area contributed by atoms with E-state index < -0.39 is 5.91 Å². The second-order valence-electron chi connectivity index (χ2n) is 7.70. The van der Waals surface area contributed by atoms with Crippen molar-refractivity contribution < 1.29 is 9.59 Å². The van der Waals surface area contributed by atoms with Gasteiger partial charge in [0.2, 0.25) is 11.9 Å². The normalized spacial score (nSPS) is 13.4. The number of nitrogens with zero attached hydrogens (tertiary/aromatic N) is 8. The summed E-state index contributed by atoms with van der Waals surface area (Å²) in [7, 11) is 0. The molecule has 158 valence electrons. The zero-order valence-electron chi connectivity index (χ0n) is 17.3. The molecule has 11 heteroatoms. The standard InChI is InChI=1S/C20H21N9O2/c1-11(2)28-7-6-13(24-28)17-18(27-9-8-26(12(3)30)20(27)23-17)14-4-5-16-22-10-15(19(21)31)29(16)25-14/h4-7,10-11H,8-9H2,1-3H3,(H2,21,31). The summed E-state index contributed by atoms with van der Waals surface area (Å²) in [5.74, 6) is -0.142.